The van der Waals surface area contributed by atoms with E-state index in [1.165, 1.54) is 32.7 Å². The summed E-state index contributed by atoms with van der Waals surface area (Å²) in [5.74, 6) is 0.864. The van der Waals surface area contributed by atoms with Crippen LogP contribution in [0.3, 0.4) is 0 Å². The summed E-state index contributed by atoms with van der Waals surface area (Å²) in [4.78, 5) is 9.51. The van der Waals surface area contributed by atoms with E-state index in [0.29, 0.717) is 0 Å². The first kappa shape index (κ1) is 29.4. The number of hydrogen-bond donors (Lipinski definition) is 2. The SMILES string of the molecule is c1ccc(C2NC(c3ccc(-c4ccc(-c5cccc6oc7cnccc7c56)c5ccccc45)cc3)=NC(c3ccc4ccccc4c3)N2)cc1. The molecule has 1 aliphatic rings. The Bertz CT molecular complexity index is 2770. The average molecular weight is 657 g/mol. The van der Waals surface area contributed by atoms with Gasteiger partial charge in [0.1, 0.15) is 23.8 Å². The van der Waals surface area contributed by atoms with Crippen molar-refractivity contribution in [3.8, 4) is 22.3 Å². The summed E-state index contributed by atoms with van der Waals surface area (Å²) >= 11 is 0. The number of rotatable bonds is 5. The van der Waals surface area contributed by atoms with Crippen LogP contribution in [-0.4, -0.2) is 10.8 Å². The Hall–Kier alpha value is -6.56. The summed E-state index contributed by atoms with van der Waals surface area (Å²) in [6.45, 7) is 0. The maximum Gasteiger partial charge on any atom is 0.153 e. The molecule has 0 spiro atoms. The molecule has 5 nitrogen and oxygen atoms in total. The molecule has 10 rings (SSSR count). The second-order valence-electron chi connectivity index (χ2n) is 13.1. The molecule has 5 heteroatoms. The number of benzene rings is 7. The molecule has 2 unspecified atom stereocenters. The summed E-state index contributed by atoms with van der Waals surface area (Å²) in [6.07, 6.45) is 3.31. The van der Waals surface area contributed by atoms with Crippen LogP contribution >= 0.6 is 0 Å². The van der Waals surface area contributed by atoms with Gasteiger partial charge < -0.3 is 9.73 Å². The third kappa shape index (κ3) is 5.14. The van der Waals surface area contributed by atoms with Crippen molar-refractivity contribution in [3.63, 3.8) is 0 Å². The number of nitrogens with zero attached hydrogens (tertiary/aromatic N) is 2. The molecular formula is C46H32N4O. The van der Waals surface area contributed by atoms with Gasteiger partial charge in [-0.3, -0.25) is 10.3 Å². The van der Waals surface area contributed by atoms with E-state index in [2.05, 4.69) is 161 Å². The minimum atomic E-state index is -0.208. The Morgan fingerprint density at radius 2 is 1.25 bits per heavy atom. The Morgan fingerprint density at radius 3 is 2.12 bits per heavy atom. The number of furan rings is 1. The number of pyridine rings is 1. The number of amidine groups is 1. The van der Waals surface area contributed by atoms with Crippen LogP contribution in [0.25, 0.3) is 65.7 Å². The molecule has 51 heavy (non-hydrogen) atoms. The quantitative estimate of drug-likeness (QED) is 0.194. The molecule has 0 bridgehead atoms. The zero-order chi connectivity index (χ0) is 33.7. The summed E-state index contributed by atoms with van der Waals surface area (Å²) in [6, 6.07) is 55.9. The van der Waals surface area contributed by atoms with E-state index in [0.717, 1.165) is 55.6 Å². The lowest BCUT2D eigenvalue weighted by molar-refractivity contribution is 0.409. The number of aromatic nitrogens is 1. The van der Waals surface area contributed by atoms with Crippen LogP contribution in [-0.2, 0) is 0 Å². The monoisotopic (exact) mass is 656 g/mol. The van der Waals surface area contributed by atoms with Gasteiger partial charge in [0.05, 0.1) is 6.20 Å². The molecule has 2 aromatic heterocycles. The highest BCUT2D eigenvalue weighted by Crippen LogP contribution is 2.41. The number of nitrogens with one attached hydrogen (secondary N) is 2. The van der Waals surface area contributed by atoms with E-state index in [4.69, 9.17) is 9.41 Å². The molecule has 1 aliphatic heterocycles. The Balaban J connectivity index is 1.04. The molecule has 0 saturated heterocycles. The van der Waals surface area contributed by atoms with Crippen LogP contribution in [0.4, 0.5) is 0 Å². The highest BCUT2D eigenvalue weighted by Gasteiger charge is 2.25. The molecule has 2 atom stereocenters. The van der Waals surface area contributed by atoms with Crippen molar-refractivity contribution in [3.05, 3.63) is 187 Å². The first-order valence-electron chi connectivity index (χ1n) is 17.3. The van der Waals surface area contributed by atoms with E-state index >= 15 is 0 Å². The van der Waals surface area contributed by atoms with E-state index < -0.39 is 0 Å². The second-order valence-corrected chi connectivity index (χ2v) is 13.1. The van der Waals surface area contributed by atoms with Gasteiger partial charge in [0, 0.05) is 22.5 Å². The smallest absolute Gasteiger partial charge is 0.153 e. The minimum absolute atomic E-state index is 0.0978. The Labute approximate surface area is 294 Å². The molecule has 242 valence electrons. The van der Waals surface area contributed by atoms with E-state index in [1.54, 1.807) is 6.20 Å². The van der Waals surface area contributed by atoms with Crippen molar-refractivity contribution in [2.75, 3.05) is 0 Å². The summed E-state index contributed by atoms with van der Waals surface area (Å²) in [5, 5.41) is 14.4. The summed E-state index contributed by atoms with van der Waals surface area (Å²) in [7, 11) is 0. The van der Waals surface area contributed by atoms with Gasteiger partial charge in [-0.15, -0.1) is 0 Å². The molecule has 0 saturated carbocycles. The number of aliphatic imine (C=N–C) groups is 1. The largest absolute Gasteiger partial charge is 0.454 e. The minimum Gasteiger partial charge on any atom is -0.454 e. The maximum atomic E-state index is 6.18. The highest BCUT2D eigenvalue weighted by molar-refractivity contribution is 6.16. The number of fused-ring (bicyclic) bond motifs is 5. The molecule has 0 amide bonds. The van der Waals surface area contributed by atoms with Crippen molar-refractivity contribution in [1.82, 2.24) is 15.6 Å². The molecule has 0 aliphatic carbocycles. The molecule has 2 N–H and O–H groups in total. The fourth-order valence-corrected chi connectivity index (χ4v) is 7.57. The van der Waals surface area contributed by atoms with Gasteiger partial charge >= 0.3 is 0 Å². The Kier molecular flexibility index (Phi) is 6.96. The third-order valence-corrected chi connectivity index (χ3v) is 10.1. The first-order valence-corrected chi connectivity index (χ1v) is 17.3. The lowest BCUT2D eigenvalue weighted by atomic mass is 9.90. The highest BCUT2D eigenvalue weighted by atomic mass is 16.3. The van der Waals surface area contributed by atoms with Crippen LogP contribution in [0.1, 0.15) is 29.0 Å². The molecular weight excluding hydrogens is 625 g/mol. The zero-order valence-electron chi connectivity index (χ0n) is 27.6. The van der Waals surface area contributed by atoms with Crippen LogP contribution in [0, 0.1) is 0 Å². The fraction of sp³-hybridized carbons (Fsp3) is 0.0435. The second kappa shape index (κ2) is 12.1. The van der Waals surface area contributed by atoms with Crippen molar-refractivity contribution < 1.29 is 4.42 Å². The molecule has 0 fully saturated rings. The standard InChI is InChI=1S/C46H32N4O/c1-2-10-31(11-3-1)44-48-45(50-46(49-44)34-22-17-29-9-4-5-12-33(29)27-34)32-20-18-30(19-21-32)35-23-24-38(37-14-7-6-13-36(35)37)39-15-8-16-41-43(39)40-25-26-47-28-42(40)51-41/h1-28,44,46,49H,(H,48,50). The van der Waals surface area contributed by atoms with E-state index in [9.17, 15) is 0 Å². The lowest BCUT2D eigenvalue weighted by Gasteiger charge is -2.32. The van der Waals surface area contributed by atoms with Gasteiger partial charge in [-0.05, 0) is 73.1 Å². The van der Waals surface area contributed by atoms with E-state index in [1.807, 2.05) is 18.3 Å². The number of hydrogen-bond acceptors (Lipinski definition) is 5. The topological polar surface area (TPSA) is 62.5 Å². The van der Waals surface area contributed by atoms with Crippen LogP contribution in [0.2, 0.25) is 0 Å². The van der Waals surface area contributed by atoms with Crippen molar-refractivity contribution >= 4 is 49.3 Å². The van der Waals surface area contributed by atoms with Gasteiger partial charge in [-0.25, -0.2) is 4.99 Å². The average Bonchev–Trinajstić information content (AvgIpc) is 3.60. The molecule has 7 aromatic carbocycles. The van der Waals surface area contributed by atoms with Gasteiger partial charge in [0.15, 0.2) is 5.58 Å². The van der Waals surface area contributed by atoms with Crippen LogP contribution < -0.4 is 10.6 Å². The van der Waals surface area contributed by atoms with Crippen molar-refractivity contribution in [2.45, 2.75) is 12.3 Å². The summed E-state index contributed by atoms with van der Waals surface area (Å²) < 4.78 is 6.18. The Morgan fingerprint density at radius 1 is 0.510 bits per heavy atom. The van der Waals surface area contributed by atoms with Crippen LogP contribution in [0.15, 0.2) is 180 Å². The van der Waals surface area contributed by atoms with Crippen molar-refractivity contribution in [1.29, 1.82) is 0 Å². The van der Waals surface area contributed by atoms with Gasteiger partial charge in [-0.1, -0.05) is 140 Å². The van der Waals surface area contributed by atoms with Gasteiger partial charge in [-0.2, -0.15) is 0 Å². The fourth-order valence-electron chi connectivity index (χ4n) is 7.57. The van der Waals surface area contributed by atoms with Crippen LogP contribution in [0.5, 0.6) is 0 Å². The van der Waals surface area contributed by atoms with Gasteiger partial charge in [0.25, 0.3) is 0 Å². The van der Waals surface area contributed by atoms with E-state index in [-0.39, 0.29) is 12.3 Å². The zero-order valence-corrected chi connectivity index (χ0v) is 27.6. The maximum absolute atomic E-state index is 6.18. The van der Waals surface area contributed by atoms with Crippen molar-refractivity contribution in [2.24, 2.45) is 4.99 Å². The lowest BCUT2D eigenvalue weighted by Crippen LogP contribution is -2.44. The first-order chi connectivity index (χ1) is 25.3. The predicted octanol–water partition coefficient (Wildman–Crippen LogP) is 11.0. The molecule has 9 aromatic rings. The molecule has 3 heterocycles. The normalized spacial score (nSPS) is 16.0. The van der Waals surface area contributed by atoms with Gasteiger partial charge in [0.2, 0.25) is 0 Å². The molecule has 0 radical (unpaired) electrons. The predicted molar refractivity (Wildman–Crippen MR) is 209 cm³/mol. The summed E-state index contributed by atoms with van der Waals surface area (Å²) in [5.41, 5.74) is 9.67. The third-order valence-electron chi connectivity index (χ3n) is 10.1.